The predicted octanol–water partition coefficient (Wildman–Crippen LogP) is 5.04. The van der Waals surface area contributed by atoms with Gasteiger partial charge in [0.15, 0.2) is 0 Å². The van der Waals surface area contributed by atoms with E-state index in [9.17, 15) is 27.5 Å². The molecule has 4 aromatic rings. The van der Waals surface area contributed by atoms with Gasteiger partial charge in [-0.15, -0.1) is 5.06 Å². The van der Waals surface area contributed by atoms with Crippen LogP contribution in [0.1, 0.15) is 17.5 Å². The SMILES string of the molecule is O=C(NCc1ccnc(-c2ccc(C(F)(F)F)cc2O)c1)C1CCN1Oc1cc2cc(F)ccc2o1. The molecule has 0 aliphatic carbocycles. The minimum Gasteiger partial charge on any atom is -0.507 e. The van der Waals surface area contributed by atoms with Crippen LogP contribution in [0.2, 0.25) is 0 Å². The number of amides is 1. The minimum absolute atomic E-state index is 0.129. The number of nitrogens with zero attached hydrogens (tertiary/aromatic N) is 2. The number of furan rings is 1. The van der Waals surface area contributed by atoms with E-state index in [4.69, 9.17) is 9.25 Å². The van der Waals surface area contributed by atoms with E-state index in [2.05, 4.69) is 10.3 Å². The number of carbonyl (C=O) groups excluding carboxylic acids is 1. The normalized spacial score (nSPS) is 16.1. The molecule has 186 valence electrons. The van der Waals surface area contributed by atoms with Crippen LogP contribution in [0.4, 0.5) is 17.6 Å². The molecule has 1 amide bonds. The van der Waals surface area contributed by atoms with Crippen molar-refractivity contribution in [1.82, 2.24) is 15.4 Å². The molecule has 3 heterocycles. The largest absolute Gasteiger partial charge is 0.507 e. The Balaban J connectivity index is 1.21. The molecule has 1 saturated heterocycles. The number of carbonyl (C=O) groups is 1. The van der Waals surface area contributed by atoms with Gasteiger partial charge in [0, 0.05) is 36.3 Å². The number of fused-ring (bicyclic) bond motifs is 1. The zero-order valence-corrected chi connectivity index (χ0v) is 18.6. The van der Waals surface area contributed by atoms with E-state index < -0.39 is 29.3 Å². The van der Waals surface area contributed by atoms with Gasteiger partial charge in [0.25, 0.3) is 0 Å². The molecule has 0 saturated carbocycles. The second kappa shape index (κ2) is 9.15. The summed E-state index contributed by atoms with van der Waals surface area (Å²) in [5.41, 5.74) is 0.539. The zero-order chi connectivity index (χ0) is 25.4. The third-order valence-electron chi connectivity index (χ3n) is 5.83. The number of halogens is 4. The highest BCUT2D eigenvalue weighted by Crippen LogP contribution is 2.36. The number of rotatable bonds is 6. The quantitative estimate of drug-likeness (QED) is 0.360. The van der Waals surface area contributed by atoms with Gasteiger partial charge in [-0.05, 0) is 60.5 Å². The number of phenolic OH excluding ortho intramolecular Hbond substituents is 1. The number of hydrogen-bond donors (Lipinski definition) is 2. The molecule has 0 bridgehead atoms. The van der Waals surface area contributed by atoms with Crippen LogP contribution in [-0.4, -0.2) is 33.6 Å². The monoisotopic (exact) mass is 501 g/mol. The molecule has 0 radical (unpaired) electrons. The topological polar surface area (TPSA) is 87.8 Å². The highest BCUT2D eigenvalue weighted by atomic mass is 19.4. The van der Waals surface area contributed by atoms with Crippen molar-refractivity contribution in [2.45, 2.75) is 25.2 Å². The van der Waals surface area contributed by atoms with Crippen LogP contribution in [0.15, 0.2) is 65.2 Å². The fourth-order valence-electron chi connectivity index (χ4n) is 3.85. The lowest BCUT2D eigenvalue weighted by Crippen LogP contribution is -2.57. The lowest BCUT2D eigenvalue weighted by Gasteiger charge is -2.37. The van der Waals surface area contributed by atoms with Gasteiger partial charge in [-0.2, -0.15) is 13.2 Å². The number of pyridine rings is 1. The van der Waals surface area contributed by atoms with Crippen LogP contribution in [0.3, 0.4) is 0 Å². The Hall–Kier alpha value is -4.12. The summed E-state index contributed by atoms with van der Waals surface area (Å²) in [5.74, 6) is -1.10. The molecule has 1 atom stereocenters. The summed E-state index contributed by atoms with van der Waals surface area (Å²) >= 11 is 0. The summed E-state index contributed by atoms with van der Waals surface area (Å²) in [4.78, 5) is 22.4. The summed E-state index contributed by atoms with van der Waals surface area (Å²) in [6.07, 6.45) is -2.57. The van der Waals surface area contributed by atoms with E-state index >= 15 is 0 Å². The molecule has 1 fully saturated rings. The number of hydrogen-bond acceptors (Lipinski definition) is 6. The van der Waals surface area contributed by atoms with Crippen LogP contribution in [0.5, 0.6) is 11.7 Å². The zero-order valence-electron chi connectivity index (χ0n) is 18.6. The molecule has 11 heteroatoms. The number of nitrogens with one attached hydrogen (secondary N) is 1. The molecule has 0 spiro atoms. The fourth-order valence-corrected chi connectivity index (χ4v) is 3.85. The van der Waals surface area contributed by atoms with E-state index in [-0.39, 0.29) is 29.7 Å². The first-order valence-electron chi connectivity index (χ1n) is 10.9. The van der Waals surface area contributed by atoms with Gasteiger partial charge in [-0.25, -0.2) is 4.39 Å². The second-order valence-electron chi connectivity index (χ2n) is 8.28. The summed E-state index contributed by atoms with van der Waals surface area (Å²) in [7, 11) is 0. The van der Waals surface area contributed by atoms with E-state index in [0.29, 0.717) is 35.6 Å². The van der Waals surface area contributed by atoms with Gasteiger partial charge < -0.3 is 19.7 Å². The second-order valence-corrected chi connectivity index (χ2v) is 8.28. The first kappa shape index (κ1) is 23.6. The lowest BCUT2D eigenvalue weighted by atomic mass is 10.0. The minimum atomic E-state index is -4.57. The van der Waals surface area contributed by atoms with Gasteiger partial charge in [0.05, 0.1) is 11.3 Å². The number of aromatic hydroxyl groups is 1. The molecular formula is C25H19F4N3O4. The van der Waals surface area contributed by atoms with Gasteiger partial charge in [-0.3, -0.25) is 9.78 Å². The lowest BCUT2D eigenvalue weighted by molar-refractivity contribution is -0.177. The highest BCUT2D eigenvalue weighted by Gasteiger charge is 2.37. The maximum atomic E-state index is 13.4. The van der Waals surface area contributed by atoms with Crippen LogP contribution in [0.25, 0.3) is 22.2 Å². The molecule has 2 aromatic heterocycles. The van der Waals surface area contributed by atoms with Gasteiger partial charge in [0.1, 0.15) is 23.2 Å². The molecular weight excluding hydrogens is 482 g/mol. The maximum Gasteiger partial charge on any atom is 0.416 e. The van der Waals surface area contributed by atoms with Crippen molar-refractivity contribution in [2.24, 2.45) is 0 Å². The first-order valence-corrected chi connectivity index (χ1v) is 10.9. The van der Waals surface area contributed by atoms with Crippen LogP contribution >= 0.6 is 0 Å². The first-order chi connectivity index (χ1) is 17.2. The van der Waals surface area contributed by atoms with Crippen molar-refractivity contribution in [2.75, 3.05) is 6.54 Å². The van der Waals surface area contributed by atoms with Crippen molar-refractivity contribution in [3.63, 3.8) is 0 Å². The van der Waals surface area contributed by atoms with E-state index in [0.717, 1.165) is 12.1 Å². The number of hydroxylamine groups is 2. The van der Waals surface area contributed by atoms with Crippen molar-refractivity contribution >= 4 is 16.9 Å². The molecule has 1 unspecified atom stereocenters. The summed E-state index contributed by atoms with van der Waals surface area (Å²) < 4.78 is 57.5. The third-order valence-corrected chi connectivity index (χ3v) is 5.83. The third kappa shape index (κ3) is 4.82. The number of benzene rings is 2. The molecule has 1 aliphatic heterocycles. The summed E-state index contributed by atoms with van der Waals surface area (Å²) in [5, 5.41) is 14.9. The summed E-state index contributed by atoms with van der Waals surface area (Å²) in [6.45, 7) is 0.625. The standard InChI is InChI=1S/C25H19F4N3O4/c26-17-2-4-22-15(10-17)11-23(35-22)36-32-8-6-20(32)24(34)31-13-14-5-7-30-19(9-14)18-3-1-16(12-21(18)33)25(27,28)29/h1-5,7,9-12,20,33H,6,8,13H2,(H,31,34). The number of phenols is 1. The van der Waals surface area contributed by atoms with Gasteiger partial charge in [0.2, 0.25) is 5.91 Å². The van der Waals surface area contributed by atoms with Crippen molar-refractivity contribution in [3.05, 3.63) is 77.7 Å². The highest BCUT2D eigenvalue weighted by molar-refractivity contribution is 5.82. The Labute approximate surface area is 201 Å². The summed E-state index contributed by atoms with van der Waals surface area (Å²) in [6, 6.07) is 11.0. The number of alkyl halides is 3. The Morgan fingerprint density at radius 1 is 1.17 bits per heavy atom. The number of aromatic nitrogens is 1. The van der Waals surface area contributed by atoms with E-state index in [1.807, 2.05) is 0 Å². The Morgan fingerprint density at radius 3 is 2.72 bits per heavy atom. The molecule has 1 aliphatic rings. The smallest absolute Gasteiger partial charge is 0.416 e. The van der Waals surface area contributed by atoms with Crippen LogP contribution in [0, 0.1) is 5.82 Å². The van der Waals surface area contributed by atoms with E-state index in [1.54, 1.807) is 18.2 Å². The Bertz CT molecular complexity index is 1440. The average molecular weight is 501 g/mol. The van der Waals surface area contributed by atoms with E-state index in [1.165, 1.54) is 29.5 Å². The van der Waals surface area contributed by atoms with Crippen molar-refractivity contribution in [3.8, 4) is 23.0 Å². The molecule has 36 heavy (non-hydrogen) atoms. The average Bonchev–Trinajstić information content (AvgIpc) is 3.22. The van der Waals surface area contributed by atoms with Gasteiger partial charge in [-0.1, -0.05) is 0 Å². The molecule has 5 rings (SSSR count). The van der Waals surface area contributed by atoms with Crippen LogP contribution in [-0.2, 0) is 17.5 Å². The Morgan fingerprint density at radius 2 is 2.00 bits per heavy atom. The Kier molecular flexibility index (Phi) is 6.00. The molecule has 2 aromatic carbocycles. The van der Waals surface area contributed by atoms with Gasteiger partial charge >= 0.3 is 12.1 Å². The van der Waals surface area contributed by atoms with Crippen molar-refractivity contribution < 1.29 is 36.7 Å². The maximum absolute atomic E-state index is 13.4. The van der Waals surface area contributed by atoms with Crippen molar-refractivity contribution in [1.29, 1.82) is 0 Å². The predicted molar refractivity (Wildman–Crippen MR) is 120 cm³/mol. The fraction of sp³-hybridized carbons (Fsp3) is 0.200. The molecule has 2 N–H and O–H groups in total. The van der Waals surface area contributed by atoms with Crippen LogP contribution < -0.4 is 10.2 Å². The molecule has 7 nitrogen and oxygen atoms in total.